The van der Waals surface area contributed by atoms with E-state index in [4.69, 9.17) is 21.7 Å². The molecule has 1 aromatic heterocycles. The lowest BCUT2D eigenvalue weighted by atomic mass is 9.99. The summed E-state index contributed by atoms with van der Waals surface area (Å²) in [5, 5.41) is 11.2. The third-order valence-electron chi connectivity index (χ3n) is 5.81. The van der Waals surface area contributed by atoms with E-state index in [-0.39, 0.29) is 0 Å². The van der Waals surface area contributed by atoms with Crippen LogP contribution < -0.4 is 25.4 Å². The number of rotatable bonds is 6. The topological polar surface area (TPSA) is 80.3 Å². The van der Waals surface area contributed by atoms with E-state index in [1.165, 1.54) is 6.33 Å². The van der Waals surface area contributed by atoms with Crippen molar-refractivity contribution in [2.75, 3.05) is 37.4 Å². The number of aromatic nitrogens is 2. The molecule has 7 nitrogen and oxygen atoms in total. The van der Waals surface area contributed by atoms with E-state index in [9.17, 15) is 0 Å². The molecule has 0 radical (unpaired) electrons. The first kappa shape index (κ1) is 22.2. The van der Waals surface area contributed by atoms with Gasteiger partial charge in [-0.3, -0.25) is 0 Å². The van der Waals surface area contributed by atoms with Crippen molar-refractivity contribution in [2.24, 2.45) is 5.92 Å². The van der Waals surface area contributed by atoms with Gasteiger partial charge in [-0.15, -0.1) is 0 Å². The Morgan fingerprint density at radius 1 is 1.09 bits per heavy atom. The lowest BCUT2D eigenvalue weighted by molar-refractivity contribution is 0.208. The third-order valence-corrected chi connectivity index (χ3v) is 6.01. The van der Waals surface area contributed by atoms with Crippen molar-refractivity contribution in [3.63, 3.8) is 0 Å². The second-order valence-corrected chi connectivity index (χ2v) is 8.50. The van der Waals surface area contributed by atoms with Gasteiger partial charge in [-0.1, -0.05) is 18.2 Å². The Bertz CT molecular complexity index is 1090. The lowest BCUT2D eigenvalue weighted by Crippen LogP contribution is -2.30. The van der Waals surface area contributed by atoms with Crippen molar-refractivity contribution >= 4 is 39.7 Å². The van der Waals surface area contributed by atoms with Crippen molar-refractivity contribution in [1.82, 2.24) is 15.3 Å². The first-order valence-electron chi connectivity index (χ1n) is 10.9. The number of para-hydroxylation sites is 1. The van der Waals surface area contributed by atoms with Crippen LogP contribution in [0.2, 0.25) is 0 Å². The molecule has 2 aromatic carbocycles. The van der Waals surface area contributed by atoms with Gasteiger partial charge in [0.05, 0.1) is 19.2 Å². The van der Waals surface area contributed by atoms with E-state index >= 15 is 0 Å². The maximum Gasteiger partial charge on any atom is 0.176 e. The number of aryl methyl sites for hydroxylation is 2. The molecule has 0 spiro atoms. The number of nitrogens with one attached hydrogen (secondary N) is 3. The molecular weight excluding hydrogens is 422 g/mol. The zero-order valence-corrected chi connectivity index (χ0v) is 19.5. The molecule has 32 heavy (non-hydrogen) atoms. The summed E-state index contributed by atoms with van der Waals surface area (Å²) in [7, 11) is 1.64. The maximum absolute atomic E-state index is 6.13. The number of hydrogen-bond acceptors (Lipinski definition) is 6. The molecule has 1 saturated heterocycles. The van der Waals surface area contributed by atoms with Crippen LogP contribution in [0.3, 0.4) is 0 Å². The average molecular weight is 452 g/mol. The SMILES string of the molecule is COc1cc2c(NC(=S)Nc3c(C)cccc3C)ncnc2cc1OCC1CCNCC1. The van der Waals surface area contributed by atoms with Gasteiger partial charge >= 0.3 is 0 Å². The van der Waals surface area contributed by atoms with Crippen LogP contribution in [0.25, 0.3) is 10.9 Å². The number of anilines is 2. The highest BCUT2D eigenvalue weighted by molar-refractivity contribution is 7.80. The van der Waals surface area contributed by atoms with Crippen LogP contribution in [-0.4, -0.2) is 41.9 Å². The van der Waals surface area contributed by atoms with Crippen molar-refractivity contribution in [1.29, 1.82) is 0 Å². The molecule has 8 heteroatoms. The zero-order chi connectivity index (χ0) is 22.5. The van der Waals surface area contributed by atoms with E-state index < -0.39 is 0 Å². The van der Waals surface area contributed by atoms with Crippen molar-refractivity contribution in [3.05, 3.63) is 47.8 Å². The molecule has 3 N–H and O–H groups in total. The minimum Gasteiger partial charge on any atom is -0.493 e. The largest absolute Gasteiger partial charge is 0.493 e. The van der Waals surface area contributed by atoms with Crippen LogP contribution >= 0.6 is 12.2 Å². The molecule has 0 atom stereocenters. The Morgan fingerprint density at radius 3 is 2.56 bits per heavy atom. The van der Waals surface area contributed by atoms with Crippen LogP contribution in [0.15, 0.2) is 36.7 Å². The standard InChI is InChI=1S/C24H29N5O2S/c1-15-5-4-6-16(2)22(15)28-24(32)29-23-18-11-20(30-3)21(12-19(18)26-14-27-23)31-13-17-7-9-25-10-8-17/h4-6,11-12,14,17,25H,7-10,13H2,1-3H3,(H2,26,27,28,29,32). The van der Waals surface area contributed by atoms with Gasteiger partial charge in [0, 0.05) is 17.1 Å². The molecule has 0 aliphatic carbocycles. The second kappa shape index (κ2) is 10.1. The number of hydrogen-bond donors (Lipinski definition) is 3. The first-order valence-corrected chi connectivity index (χ1v) is 11.3. The van der Waals surface area contributed by atoms with Crippen molar-refractivity contribution in [3.8, 4) is 11.5 Å². The fraction of sp³-hybridized carbons (Fsp3) is 0.375. The normalized spacial score (nSPS) is 14.2. The smallest absolute Gasteiger partial charge is 0.176 e. The Labute approximate surface area is 193 Å². The minimum absolute atomic E-state index is 0.465. The quantitative estimate of drug-likeness (QED) is 0.475. The highest BCUT2D eigenvalue weighted by Gasteiger charge is 2.17. The van der Waals surface area contributed by atoms with Gasteiger partial charge in [-0.05, 0) is 75.1 Å². The summed E-state index contributed by atoms with van der Waals surface area (Å²) in [6.07, 6.45) is 3.77. The number of fused-ring (bicyclic) bond motifs is 1. The number of thiocarbonyl (C=S) groups is 1. The molecule has 0 saturated carbocycles. The fourth-order valence-electron chi connectivity index (χ4n) is 3.96. The van der Waals surface area contributed by atoms with Crippen LogP contribution in [0.5, 0.6) is 11.5 Å². The minimum atomic E-state index is 0.465. The summed E-state index contributed by atoms with van der Waals surface area (Å²) in [5.74, 6) is 2.51. The highest BCUT2D eigenvalue weighted by atomic mass is 32.1. The molecule has 3 aromatic rings. The van der Waals surface area contributed by atoms with Crippen LogP contribution in [0.1, 0.15) is 24.0 Å². The van der Waals surface area contributed by atoms with Gasteiger partial charge in [0.25, 0.3) is 0 Å². The van der Waals surface area contributed by atoms with Crippen LogP contribution in [0.4, 0.5) is 11.5 Å². The number of ether oxygens (including phenoxy) is 2. The molecular formula is C24H29N5O2S. The van der Waals surface area contributed by atoms with Crippen molar-refractivity contribution < 1.29 is 9.47 Å². The summed E-state index contributed by atoms with van der Waals surface area (Å²) < 4.78 is 11.7. The Balaban J connectivity index is 1.54. The summed E-state index contributed by atoms with van der Waals surface area (Å²) in [6, 6.07) is 9.94. The van der Waals surface area contributed by atoms with E-state index in [2.05, 4.69) is 25.9 Å². The molecule has 0 bridgehead atoms. The van der Waals surface area contributed by atoms with Gasteiger partial charge in [-0.25, -0.2) is 9.97 Å². The summed E-state index contributed by atoms with van der Waals surface area (Å²) in [5.41, 5.74) is 4.01. The second-order valence-electron chi connectivity index (χ2n) is 8.09. The van der Waals surface area contributed by atoms with Gasteiger partial charge in [0.15, 0.2) is 16.6 Å². The summed E-state index contributed by atoms with van der Waals surface area (Å²) >= 11 is 5.56. The zero-order valence-electron chi connectivity index (χ0n) is 18.7. The fourth-order valence-corrected chi connectivity index (χ4v) is 4.15. The molecule has 0 unspecified atom stereocenters. The van der Waals surface area contributed by atoms with Gasteiger partial charge in [0.1, 0.15) is 12.1 Å². The lowest BCUT2D eigenvalue weighted by Gasteiger charge is -2.23. The molecule has 0 amide bonds. The maximum atomic E-state index is 6.13. The molecule has 2 heterocycles. The first-order chi connectivity index (χ1) is 15.5. The van der Waals surface area contributed by atoms with Crippen LogP contribution in [0, 0.1) is 19.8 Å². The predicted octanol–water partition coefficient (Wildman–Crippen LogP) is 4.44. The number of benzene rings is 2. The molecule has 1 aliphatic rings. The summed E-state index contributed by atoms with van der Waals surface area (Å²) in [4.78, 5) is 8.84. The average Bonchev–Trinajstić information content (AvgIpc) is 2.80. The number of nitrogens with zero attached hydrogens (tertiary/aromatic N) is 2. The summed E-state index contributed by atoms with van der Waals surface area (Å²) in [6.45, 7) is 6.86. The number of piperidine rings is 1. The van der Waals surface area contributed by atoms with E-state index in [0.717, 1.165) is 53.6 Å². The van der Waals surface area contributed by atoms with E-state index in [0.29, 0.717) is 35.0 Å². The molecule has 4 rings (SSSR count). The van der Waals surface area contributed by atoms with Gasteiger partial charge in [0.2, 0.25) is 0 Å². The van der Waals surface area contributed by atoms with E-state index in [1.54, 1.807) is 7.11 Å². The van der Waals surface area contributed by atoms with Crippen LogP contribution in [-0.2, 0) is 0 Å². The Hall–Kier alpha value is -2.97. The van der Waals surface area contributed by atoms with Crippen molar-refractivity contribution in [2.45, 2.75) is 26.7 Å². The van der Waals surface area contributed by atoms with E-state index in [1.807, 2.05) is 44.2 Å². The third kappa shape index (κ3) is 5.08. The predicted molar refractivity (Wildman–Crippen MR) is 133 cm³/mol. The van der Waals surface area contributed by atoms with Gasteiger partial charge < -0.3 is 25.4 Å². The van der Waals surface area contributed by atoms with Gasteiger partial charge in [-0.2, -0.15) is 0 Å². The molecule has 1 fully saturated rings. The molecule has 168 valence electrons. The Kier molecular flexibility index (Phi) is 7.02. The monoisotopic (exact) mass is 451 g/mol. The Morgan fingerprint density at radius 2 is 1.84 bits per heavy atom. The number of methoxy groups -OCH3 is 1. The molecule has 1 aliphatic heterocycles. The highest BCUT2D eigenvalue weighted by Crippen LogP contribution is 2.34.